The molecule has 0 radical (unpaired) electrons. The Labute approximate surface area is 153 Å². The monoisotopic (exact) mass is 352 g/mol. The number of aromatic nitrogens is 2. The Morgan fingerprint density at radius 3 is 2.42 bits per heavy atom. The van der Waals surface area contributed by atoms with E-state index in [9.17, 15) is 9.59 Å². The molecule has 2 aromatic rings. The van der Waals surface area contributed by atoms with Crippen molar-refractivity contribution in [2.45, 2.75) is 26.7 Å². The van der Waals surface area contributed by atoms with Gasteiger partial charge in [-0.2, -0.15) is 5.10 Å². The molecule has 136 valence electrons. The maximum absolute atomic E-state index is 12.4. The van der Waals surface area contributed by atoms with Crippen molar-refractivity contribution in [2.75, 3.05) is 13.1 Å². The van der Waals surface area contributed by atoms with Gasteiger partial charge in [-0.15, -0.1) is 0 Å². The van der Waals surface area contributed by atoms with Gasteiger partial charge in [-0.1, -0.05) is 18.2 Å². The van der Waals surface area contributed by atoms with E-state index in [0.29, 0.717) is 25.9 Å². The van der Waals surface area contributed by atoms with Gasteiger partial charge in [0.2, 0.25) is 11.8 Å². The first-order valence-corrected chi connectivity index (χ1v) is 8.85. The molecule has 1 aliphatic rings. The van der Waals surface area contributed by atoms with Crippen LogP contribution in [0.15, 0.2) is 36.4 Å². The van der Waals surface area contributed by atoms with Crippen molar-refractivity contribution in [1.29, 1.82) is 0 Å². The van der Waals surface area contributed by atoms with Crippen LogP contribution < -0.4 is 5.73 Å². The normalized spacial score (nSPS) is 15.5. The zero-order valence-electron chi connectivity index (χ0n) is 15.2. The van der Waals surface area contributed by atoms with Crippen molar-refractivity contribution in [3.8, 4) is 5.69 Å². The van der Waals surface area contributed by atoms with Gasteiger partial charge < -0.3 is 10.6 Å². The van der Waals surface area contributed by atoms with Crippen LogP contribution in [-0.4, -0.2) is 39.6 Å². The van der Waals surface area contributed by atoms with E-state index in [1.54, 1.807) is 11.0 Å². The molecule has 3 rings (SSSR count). The Hall–Kier alpha value is -2.89. The summed E-state index contributed by atoms with van der Waals surface area (Å²) in [6, 6.07) is 9.92. The van der Waals surface area contributed by atoms with Gasteiger partial charge in [0, 0.05) is 36.3 Å². The highest BCUT2D eigenvalue weighted by molar-refractivity contribution is 5.92. The maximum atomic E-state index is 12.4. The summed E-state index contributed by atoms with van der Waals surface area (Å²) < 4.78 is 1.89. The van der Waals surface area contributed by atoms with E-state index < -0.39 is 0 Å². The molecule has 1 fully saturated rings. The van der Waals surface area contributed by atoms with E-state index in [1.165, 1.54) is 0 Å². The molecule has 0 aliphatic carbocycles. The minimum Gasteiger partial charge on any atom is -0.369 e. The summed E-state index contributed by atoms with van der Waals surface area (Å²) in [5.41, 5.74) is 9.16. The summed E-state index contributed by atoms with van der Waals surface area (Å²) in [5.74, 6) is -0.428. The summed E-state index contributed by atoms with van der Waals surface area (Å²) in [7, 11) is 0. The number of nitrogens with zero attached hydrogens (tertiary/aromatic N) is 3. The minimum atomic E-state index is -0.271. The van der Waals surface area contributed by atoms with Gasteiger partial charge in [-0.25, -0.2) is 4.68 Å². The van der Waals surface area contributed by atoms with Crippen molar-refractivity contribution in [3.63, 3.8) is 0 Å². The maximum Gasteiger partial charge on any atom is 0.246 e. The smallest absolute Gasteiger partial charge is 0.246 e. The van der Waals surface area contributed by atoms with Crippen molar-refractivity contribution >= 4 is 17.9 Å². The number of aryl methyl sites for hydroxylation is 1. The second-order valence-electron chi connectivity index (χ2n) is 6.67. The molecular weight excluding hydrogens is 328 g/mol. The molecule has 1 aromatic carbocycles. The molecule has 2 heterocycles. The van der Waals surface area contributed by atoms with Gasteiger partial charge >= 0.3 is 0 Å². The van der Waals surface area contributed by atoms with Gasteiger partial charge in [0.15, 0.2) is 0 Å². The number of benzene rings is 1. The summed E-state index contributed by atoms with van der Waals surface area (Å²) in [4.78, 5) is 25.4. The summed E-state index contributed by atoms with van der Waals surface area (Å²) >= 11 is 0. The Bertz CT molecular complexity index is 831. The highest BCUT2D eigenvalue weighted by Gasteiger charge is 2.24. The topological polar surface area (TPSA) is 81.2 Å². The third-order valence-electron chi connectivity index (χ3n) is 4.95. The van der Waals surface area contributed by atoms with E-state index in [1.807, 2.05) is 54.9 Å². The lowest BCUT2D eigenvalue weighted by atomic mass is 9.96. The molecule has 0 spiro atoms. The number of amides is 2. The van der Waals surface area contributed by atoms with Crippen LogP contribution in [-0.2, 0) is 9.59 Å². The fourth-order valence-corrected chi connectivity index (χ4v) is 3.36. The van der Waals surface area contributed by atoms with Crippen molar-refractivity contribution in [1.82, 2.24) is 14.7 Å². The van der Waals surface area contributed by atoms with E-state index in [2.05, 4.69) is 5.10 Å². The van der Waals surface area contributed by atoms with Crippen LogP contribution in [0.5, 0.6) is 0 Å². The van der Waals surface area contributed by atoms with Crippen molar-refractivity contribution in [3.05, 3.63) is 53.4 Å². The molecule has 6 heteroatoms. The second kappa shape index (κ2) is 7.56. The SMILES string of the molecule is Cc1nn(-c2ccccc2)c(C)c1/C=C/C(=O)N1CCC(C(N)=O)CC1. The molecule has 1 saturated heterocycles. The number of nitrogens with two attached hydrogens (primary N) is 1. The quantitative estimate of drug-likeness (QED) is 0.857. The summed E-state index contributed by atoms with van der Waals surface area (Å²) in [5, 5.41) is 4.59. The average molecular weight is 352 g/mol. The summed E-state index contributed by atoms with van der Waals surface area (Å²) in [6.07, 6.45) is 4.70. The Morgan fingerprint density at radius 2 is 1.81 bits per heavy atom. The van der Waals surface area contributed by atoms with Gasteiger partial charge in [0.25, 0.3) is 0 Å². The zero-order valence-corrected chi connectivity index (χ0v) is 15.2. The third-order valence-corrected chi connectivity index (χ3v) is 4.95. The molecule has 26 heavy (non-hydrogen) atoms. The third kappa shape index (κ3) is 3.69. The van der Waals surface area contributed by atoms with Gasteiger partial charge in [-0.05, 0) is 44.9 Å². The number of para-hydroxylation sites is 1. The molecule has 0 unspecified atom stereocenters. The first-order chi connectivity index (χ1) is 12.5. The molecule has 1 aromatic heterocycles. The fourth-order valence-electron chi connectivity index (χ4n) is 3.36. The van der Waals surface area contributed by atoms with Crippen molar-refractivity contribution < 1.29 is 9.59 Å². The van der Waals surface area contributed by atoms with Crippen LogP contribution >= 0.6 is 0 Å². The van der Waals surface area contributed by atoms with Crippen LogP contribution in [0.2, 0.25) is 0 Å². The van der Waals surface area contributed by atoms with Crippen LogP contribution in [0.1, 0.15) is 29.8 Å². The van der Waals surface area contributed by atoms with E-state index in [4.69, 9.17) is 5.73 Å². The van der Waals surface area contributed by atoms with Crippen LogP contribution in [0.4, 0.5) is 0 Å². The number of likely N-dealkylation sites (tertiary alicyclic amines) is 1. The summed E-state index contributed by atoms with van der Waals surface area (Å²) in [6.45, 7) is 5.07. The highest BCUT2D eigenvalue weighted by Crippen LogP contribution is 2.20. The number of piperidine rings is 1. The predicted octanol–water partition coefficient (Wildman–Crippen LogP) is 2.23. The highest BCUT2D eigenvalue weighted by atomic mass is 16.2. The molecule has 6 nitrogen and oxygen atoms in total. The first-order valence-electron chi connectivity index (χ1n) is 8.85. The van der Waals surface area contributed by atoms with E-state index >= 15 is 0 Å². The lowest BCUT2D eigenvalue weighted by Crippen LogP contribution is -2.41. The van der Waals surface area contributed by atoms with E-state index in [0.717, 1.165) is 22.6 Å². The molecular formula is C20H24N4O2. The lowest BCUT2D eigenvalue weighted by Gasteiger charge is -2.29. The average Bonchev–Trinajstić information content (AvgIpc) is 2.94. The first kappa shape index (κ1) is 17.9. The number of hydrogen-bond acceptors (Lipinski definition) is 3. The van der Waals surface area contributed by atoms with Gasteiger partial charge in [-0.3, -0.25) is 9.59 Å². The molecule has 0 saturated carbocycles. The zero-order chi connectivity index (χ0) is 18.7. The number of hydrogen-bond donors (Lipinski definition) is 1. The van der Waals surface area contributed by atoms with Gasteiger partial charge in [0.1, 0.15) is 0 Å². The Morgan fingerprint density at radius 1 is 1.15 bits per heavy atom. The number of carbonyl (C=O) groups excluding carboxylic acids is 2. The standard InChI is InChI=1S/C20H24N4O2/c1-14-18(15(2)24(22-14)17-6-4-3-5-7-17)8-9-19(25)23-12-10-16(11-13-23)20(21)26/h3-9,16H,10-13H2,1-2H3,(H2,21,26)/b9-8+. The molecule has 0 atom stereocenters. The Kier molecular flexibility index (Phi) is 5.21. The lowest BCUT2D eigenvalue weighted by molar-refractivity contribution is -0.130. The van der Waals surface area contributed by atoms with E-state index in [-0.39, 0.29) is 17.7 Å². The molecule has 2 amide bonds. The second-order valence-corrected chi connectivity index (χ2v) is 6.67. The van der Waals surface area contributed by atoms with Gasteiger partial charge in [0.05, 0.1) is 11.4 Å². The number of primary amides is 1. The number of carbonyl (C=O) groups is 2. The van der Waals surface area contributed by atoms with Crippen molar-refractivity contribution in [2.24, 2.45) is 11.7 Å². The predicted molar refractivity (Wildman–Crippen MR) is 101 cm³/mol. The van der Waals surface area contributed by atoms with Crippen LogP contribution in [0.25, 0.3) is 11.8 Å². The molecule has 2 N–H and O–H groups in total. The van der Waals surface area contributed by atoms with Crippen LogP contribution in [0, 0.1) is 19.8 Å². The van der Waals surface area contributed by atoms with Crippen LogP contribution in [0.3, 0.4) is 0 Å². The minimum absolute atomic E-state index is 0.0424. The largest absolute Gasteiger partial charge is 0.369 e. The Balaban J connectivity index is 1.72. The molecule has 1 aliphatic heterocycles. The molecule has 0 bridgehead atoms. The number of rotatable bonds is 4. The fraction of sp³-hybridized carbons (Fsp3) is 0.350.